The molecule has 6 heteroatoms. The van der Waals surface area contributed by atoms with E-state index in [1.807, 2.05) is 56.3 Å². The third-order valence-electron chi connectivity index (χ3n) is 3.97. The molecule has 1 atom stereocenters. The molecule has 0 aromatic heterocycles. The van der Waals surface area contributed by atoms with Crippen LogP contribution in [0.3, 0.4) is 0 Å². The van der Waals surface area contributed by atoms with Crippen molar-refractivity contribution in [3.05, 3.63) is 65.2 Å². The number of hydrogen-bond donors (Lipinski definition) is 1. The number of carbonyl (C=O) groups excluding carboxylic acids is 2. The lowest BCUT2D eigenvalue weighted by molar-refractivity contribution is -0.138. The molecule has 2 aromatic carbocycles. The monoisotopic (exact) mass is 404 g/mol. The van der Waals surface area contributed by atoms with E-state index in [4.69, 9.17) is 11.6 Å². The van der Waals surface area contributed by atoms with Crippen molar-refractivity contribution in [2.24, 2.45) is 0 Å². The van der Waals surface area contributed by atoms with E-state index in [0.29, 0.717) is 11.6 Å². The standard InChI is InChI=1S/C21H25ClN2O2S/c1-15(2)23-21(26)16(3)24(13-17-7-5-4-6-8-17)20(25)14-27-19-11-9-18(22)10-12-19/h4-12,15-16H,13-14H2,1-3H3,(H,23,26). The summed E-state index contributed by atoms with van der Waals surface area (Å²) in [4.78, 5) is 28.0. The molecule has 1 N–H and O–H groups in total. The topological polar surface area (TPSA) is 49.4 Å². The smallest absolute Gasteiger partial charge is 0.242 e. The maximum absolute atomic E-state index is 12.9. The molecule has 0 saturated carbocycles. The number of amides is 2. The second-order valence-electron chi connectivity index (χ2n) is 6.59. The van der Waals surface area contributed by atoms with Crippen molar-refractivity contribution in [3.63, 3.8) is 0 Å². The highest BCUT2D eigenvalue weighted by Crippen LogP contribution is 2.21. The number of thioether (sulfide) groups is 1. The zero-order valence-electron chi connectivity index (χ0n) is 15.8. The van der Waals surface area contributed by atoms with Gasteiger partial charge in [0.25, 0.3) is 0 Å². The lowest BCUT2D eigenvalue weighted by Crippen LogP contribution is -2.49. The van der Waals surface area contributed by atoms with Crippen molar-refractivity contribution in [2.75, 3.05) is 5.75 Å². The Kier molecular flexibility index (Phi) is 8.20. The van der Waals surface area contributed by atoms with E-state index in [1.54, 1.807) is 24.0 Å². The van der Waals surface area contributed by atoms with Crippen LogP contribution in [0, 0.1) is 0 Å². The minimum Gasteiger partial charge on any atom is -0.352 e. The number of halogens is 1. The van der Waals surface area contributed by atoms with Gasteiger partial charge >= 0.3 is 0 Å². The zero-order valence-corrected chi connectivity index (χ0v) is 17.4. The van der Waals surface area contributed by atoms with Crippen LogP contribution in [0.15, 0.2) is 59.5 Å². The van der Waals surface area contributed by atoms with Crippen LogP contribution in [0.1, 0.15) is 26.3 Å². The Morgan fingerprint density at radius 1 is 1.04 bits per heavy atom. The fourth-order valence-corrected chi connectivity index (χ4v) is 3.44. The molecule has 0 fully saturated rings. The molecule has 2 amide bonds. The fourth-order valence-electron chi connectivity index (χ4n) is 2.53. The summed E-state index contributed by atoms with van der Waals surface area (Å²) >= 11 is 7.34. The molecule has 27 heavy (non-hydrogen) atoms. The van der Waals surface area contributed by atoms with Gasteiger partial charge in [-0.25, -0.2) is 0 Å². The Labute approximate surface area is 170 Å². The van der Waals surface area contributed by atoms with Crippen LogP contribution in [0.2, 0.25) is 5.02 Å². The van der Waals surface area contributed by atoms with E-state index in [-0.39, 0.29) is 23.6 Å². The molecule has 0 spiro atoms. The first-order valence-corrected chi connectivity index (χ1v) is 10.3. The minimum atomic E-state index is -0.550. The fraction of sp³-hybridized carbons (Fsp3) is 0.333. The molecule has 0 bridgehead atoms. The maximum atomic E-state index is 12.9. The average molecular weight is 405 g/mol. The normalized spacial score (nSPS) is 11.9. The summed E-state index contributed by atoms with van der Waals surface area (Å²) in [6, 6.07) is 16.6. The van der Waals surface area contributed by atoms with E-state index in [0.717, 1.165) is 10.5 Å². The summed E-state index contributed by atoms with van der Waals surface area (Å²) in [5.74, 6) is 0.0318. The largest absolute Gasteiger partial charge is 0.352 e. The summed E-state index contributed by atoms with van der Waals surface area (Å²) in [7, 11) is 0. The first-order valence-electron chi connectivity index (χ1n) is 8.89. The number of nitrogens with zero attached hydrogens (tertiary/aromatic N) is 1. The third-order valence-corrected chi connectivity index (χ3v) is 5.22. The third kappa shape index (κ3) is 6.92. The minimum absolute atomic E-state index is 0.0251. The van der Waals surface area contributed by atoms with Gasteiger partial charge in [0.1, 0.15) is 6.04 Å². The highest BCUT2D eigenvalue weighted by atomic mass is 35.5. The first kappa shape index (κ1) is 21.3. The van der Waals surface area contributed by atoms with Crippen LogP contribution in [0.25, 0.3) is 0 Å². The van der Waals surface area contributed by atoms with Crippen molar-refractivity contribution in [3.8, 4) is 0 Å². The molecular formula is C21H25ClN2O2S. The molecule has 0 aliphatic carbocycles. The van der Waals surface area contributed by atoms with Gasteiger partial charge in [-0.3, -0.25) is 9.59 Å². The highest BCUT2D eigenvalue weighted by Gasteiger charge is 2.26. The molecule has 2 rings (SSSR count). The van der Waals surface area contributed by atoms with Gasteiger partial charge in [0.15, 0.2) is 0 Å². The van der Waals surface area contributed by atoms with E-state index in [2.05, 4.69) is 5.32 Å². The molecule has 4 nitrogen and oxygen atoms in total. The highest BCUT2D eigenvalue weighted by molar-refractivity contribution is 8.00. The van der Waals surface area contributed by atoms with Crippen LogP contribution < -0.4 is 5.32 Å². The van der Waals surface area contributed by atoms with Gasteiger partial charge < -0.3 is 10.2 Å². The van der Waals surface area contributed by atoms with Gasteiger partial charge in [-0.05, 0) is 50.6 Å². The summed E-state index contributed by atoms with van der Waals surface area (Å²) in [6.07, 6.45) is 0. The van der Waals surface area contributed by atoms with Gasteiger partial charge in [-0.2, -0.15) is 0 Å². The van der Waals surface area contributed by atoms with E-state index in [1.165, 1.54) is 11.8 Å². The Morgan fingerprint density at radius 3 is 2.26 bits per heavy atom. The van der Waals surface area contributed by atoms with Gasteiger partial charge in [0.05, 0.1) is 5.75 Å². The summed E-state index contributed by atoms with van der Waals surface area (Å²) in [5.41, 5.74) is 0.992. The first-order chi connectivity index (χ1) is 12.9. The van der Waals surface area contributed by atoms with Gasteiger partial charge in [-0.15, -0.1) is 11.8 Å². The maximum Gasteiger partial charge on any atom is 0.242 e. The van der Waals surface area contributed by atoms with Crippen LogP contribution in [-0.4, -0.2) is 34.6 Å². The predicted octanol–water partition coefficient (Wildman–Crippen LogP) is 4.37. The van der Waals surface area contributed by atoms with E-state index < -0.39 is 6.04 Å². The van der Waals surface area contributed by atoms with E-state index in [9.17, 15) is 9.59 Å². The lowest BCUT2D eigenvalue weighted by atomic mass is 10.1. The quantitative estimate of drug-likeness (QED) is 0.664. The summed E-state index contributed by atoms with van der Waals surface area (Å²) < 4.78 is 0. The number of hydrogen-bond acceptors (Lipinski definition) is 3. The van der Waals surface area contributed by atoms with Crippen molar-refractivity contribution in [1.82, 2.24) is 10.2 Å². The predicted molar refractivity (Wildman–Crippen MR) is 112 cm³/mol. The number of benzene rings is 2. The number of nitrogens with one attached hydrogen (secondary N) is 1. The Bertz CT molecular complexity index is 751. The molecule has 0 radical (unpaired) electrons. The molecule has 0 saturated heterocycles. The van der Waals surface area contributed by atoms with Gasteiger partial charge in [-0.1, -0.05) is 41.9 Å². The summed E-state index contributed by atoms with van der Waals surface area (Å²) in [6.45, 7) is 5.98. The van der Waals surface area contributed by atoms with Crippen LogP contribution in [0.5, 0.6) is 0 Å². The number of carbonyl (C=O) groups is 2. The van der Waals surface area contributed by atoms with Crippen LogP contribution >= 0.6 is 23.4 Å². The lowest BCUT2D eigenvalue weighted by Gasteiger charge is -2.29. The zero-order chi connectivity index (χ0) is 19.8. The molecule has 0 aliphatic heterocycles. The SMILES string of the molecule is CC(C)NC(=O)C(C)N(Cc1ccccc1)C(=O)CSc1ccc(Cl)cc1. The molecule has 1 unspecified atom stereocenters. The van der Waals surface area contributed by atoms with Crippen LogP contribution in [-0.2, 0) is 16.1 Å². The molecule has 0 heterocycles. The van der Waals surface area contributed by atoms with Crippen molar-refractivity contribution in [1.29, 1.82) is 0 Å². The van der Waals surface area contributed by atoms with E-state index >= 15 is 0 Å². The van der Waals surface area contributed by atoms with Gasteiger partial charge in [0, 0.05) is 22.5 Å². The Morgan fingerprint density at radius 2 is 1.67 bits per heavy atom. The molecule has 2 aromatic rings. The second-order valence-corrected chi connectivity index (χ2v) is 8.07. The van der Waals surface area contributed by atoms with Crippen molar-refractivity contribution in [2.45, 2.75) is 44.3 Å². The second kappa shape index (κ2) is 10.4. The molecule has 0 aliphatic rings. The van der Waals surface area contributed by atoms with Crippen LogP contribution in [0.4, 0.5) is 0 Å². The van der Waals surface area contributed by atoms with Crippen molar-refractivity contribution < 1.29 is 9.59 Å². The molecule has 144 valence electrons. The number of rotatable bonds is 8. The Hall–Kier alpha value is -1.98. The summed E-state index contributed by atoms with van der Waals surface area (Å²) in [5, 5.41) is 3.55. The molecular weight excluding hydrogens is 380 g/mol. The van der Waals surface area contributed by atoms with Gasteiger partial charge in [0.2, 0.25) is 11.8 Å². The average Bonchev–Trinajstić information content (AvgIpc) is 2.65. The van der Waals surface area contributed by atoms with Crippen molar-refractivity contribution >= 4 is 35.2 Å². The Balaban J connectivity index is 2.10.